The highest BCUT2D eigenvalue weighted by Gasteiger charge is 2.20. The molecule has 0 aliphatic heterocycles. The molecule has 2 unspecified atom stereocenters. The topological polar surface area (TPSA) is 95.9 Å². The third kappa shape index (κ3) is 6.20. The summed E-state index contributed by atoms with van der Waals surface area (Å²) in [4.78, 5) is 22.3. The van der Waals surface area contributed by atoms with Gasteiger partial charge in [0.25, 0.3) is 0 Å². The van der Waals surface area contributed by atoms with Gasteiger partial charge in [0.1, 0.15) is 18.8 Å². The van der Waals surface area contributed by atoms with E-state index in [1.165, 1.54) is 12.2 Å². The summed E-state index contributed by atoms with van der Waals surface area (Å²) in [6, 6.07) is 7.71. The van der Waals surface area contributed by atoms with Gasteiger partial charge in [0.15, 0.2) is 0 Å². The standard InChI is InChI=1S/C15H19NO5/c1-2-6-13(18)21-10-12(17)9-16-14(15(19)20)11-7-4-3-5-8-11/h2-8,12,14,16-17H,9-10H2,1H3,(H,19,20). The summed E-state index contributed by atoms with van der Waals surface area (Å²) < 4.78 is 4.78. The van der Waals surface area contributed by atoms with E-state index in [0.717, 1.165) is 0 Å². The Morgan fingerprint density at radius 2 is 2.00 bits per heavy atom. The summed E-state index contributed by atoms with van der Waals surface area (Å²) in [5.74, 6) is -1.59. The zero-order chi connectivity index (χ0) is 15.7. The minimum atomic E-state index is -1.04. The number of carboxylic acids is 1. The lowest BCUT2D eigenvalue weighted by Gasteiger charge is -2.17. The molecule has 0 saturated carbocycles. The normalized spacial score (nSPS) is 13.8. The van der Waals surface area contributed by atoms with Crippen LogP contribution in [0.25, 0.3) is 0 Å². The maximum absolute atomic E-state index is 11.2. The van der Waals surface area contributed by atoms with Crippen molar-refractivity contribution < 1.29 is 24.5 Å². The zero-order valence-corrected chi connectivity index (χ0v) is 11.7. The molecule has 114 valence electrons. The number of aliphatic carboxylic acids is 1. The number of nitrogens with one attached hydrogen (secondary N) is 1. The average molecular weight is 293 g/mol. The number of esters is 1. The van der Waals surface area contributed by atoms with Crippen LogP contribution < -0.4 is 5.32 Å². The molecule has 0 aliphatic rings. The minimum Gasteiger partial charge on any atom is -0.480 e. The molecule has 6 heteroatoms. The average Bonchev–Trinajstić information content (AvgIpc) is 2.46. The first kappa shape index (κ1) is 16.9. The summed E-state index contributed by atoms with van der Waals surface area (Å²) >= 11 is 0. The van der Waals surface area contributed by atoms with Crippen LogP contribution in [0.15, 0.2) is 42.5 Å². The Labute approximate surface area is 123 Å². The number of aliphatic hydroxyl groups excluding tert-OH is 1. The van der Waals surface area contributed by atoms with Gasteiger partial charge in [-0.1, -0.05) is 36.4 Å². The molecule has 3 N–H and O–H groups in total. The van der Waals surface area contributed by atoms with E-state index in [2.05, 4.69) is 5.32 Å². The first-order valence-corrected chi connectivity index (χ1v) is 6.53. The molecule has 6 nitrogen and oxygen atoms in total. The zero-order valence-electron chi connectivity index (χ0n) is 11.7. The fraction of sp³-hybridized carbons (Fsp3) is 0.333. The van der Waals surface area contributed by atoms with Gasteiger partial charge in [-0.2, -0.15) is 0 Å². The maximum atomic E-state index is 11.2. The number of carboxylic acid groups (broad SMARTS) is 1. The van der Waals surface area contributed by atoms with E-state index in [4.69, 9.17) is 4.74 Å². The lowest BCUT2D eigenvalue weighted by molar-refractivity contribution is -0.142. The highest BCUT2D eigenvalue weighted by Crippen LogP contribution is 2.12. The molecule has 1 aromatic carbocycles. The Hall–Kier alpha value is -2.18. The number of rotatable bonds is 8. The molecule has 0 spiro atoms. The van der Waals surface area contributed by atoms with Crippen LogP contribution in [0, 0.1) is 0 Å². The van der Waals surface area contributed by atoms with Gasteiger partial charge in [-0.15, -0.1) is 0 Å². The molecule has 0 aromatic heterocycles. The molecule has 0 radical (unpaired) electrons. The number of benzene rings is 1. The van der Waals surface area contributed by atoms with E-state index in [0.29, 0.717) is 5.56 Å². The second kappa shape index (κ2) is 8.89. The third-order valence-corrected chi connectivity index (χ3v) is 2.66. The van der Waals surface area contributed by atoms with E-state index in [1.807, 2.05) is 0 Å². The lowest BCUT2D eigenvalue weighted by Crippen LogP contribution is -2.36. The largest absolute Gasteiger partial charge is 0.480 e. The predicted molar refractivity (Wildman–Crippen MR) is 76.6 cm³/mol. The van der Waals surface area contributed by atoms with Crippen molar-refractivity contribution in [3.8, 4) is 0 Å². The first-order chi connectivity index (χ1) is 10.0. The second-order valence-electron chi connectivity index (χ2n) is 4.37. The molecule has 0 aliphatic carbocycles. The van der Waals surface area contributed by atoms with E-state index < -0.39 is 24.1 Å². The molecule has 0 saturated heterocycles. The van der Waals surface area contributed by atoms with Crippen LogP contribution in [-0.2, 0) is 14.3 Å². The van der Waals surface area contributed by atoms with Crippen LogP contribution >= 0.6 is 0 Å². The molecule has 0 amide bonds. The molecule has 21 heavy (non-hydrogen) atoms. The molecule has 2 atom stereocenters. The van der Waals surface area contributed by atoms with Crippen molar-refractivity contribution in [2.75, 3.05) is 13.2 Å². The summed E-state index contributed by atoms with van der Waals surface area (Å²) in [7, 11) is 0. The summed E-state index contributed by atoms with van der Waals surface area (Å²) in [6.07, 6.45) is 1.79. The Kier molecular flexibility index (Phi) is 7.14. The number of carbonyl (C=O) groups is 2. The van der Waals surface area contributed by atoms with Gasteiger partial charge in [-0.05, 0) is 12.5 Å². The van der Waals surface area contributed by atoms with Crippen LogP contribution in [0.1, 0.15) is 18.5 Å². The molecule has 1 rings (SSSR count). The molecule has 1 aromatic rings. The maximum Gasteiger partial charge on any atom is 0.330 e. The van der Waals surface area contributed by atoms with Gasteiger partial charge in [0.05, 0.1) is 0 Å². The van der Waals surface area contributed by atoms with Crippen molar-refractivity contribution in [3.63, 3.8) is 0 Å². The quantitative estimate of drug-likeness (QED) is 0.486. The Morgan fingerprint density at radius 3 is 2.57 bits per heavy atom. The summed E-state index contributed by atoms with van der Waals surface area (Å²) in [6.45, 7) is 1.48. The Bertz CT molecular complexity index is 486. The van der Waals surface area contributed by atoms with Gasteiger partial charge >= 0.3 is 11.9 Å². The van der Waals surface area contributed by atoms with Crippen molar-refractivity contribution in [3.05, 3.63) is 48.0 Å². The van der Waals surface area contributed by atoms with Crippen molar-refractivity contribution in [2.45, 2.75) is 19.1 Å². The van der Waals surface area contributed by atoms with Gasteiger partial charge in [-0.3, -0.25) is 10.1 Å². The van der Waals surface area contributed by atoms with Crippen LogP contribution in [0.3, 0.4) is 0 Å². The van der Waals surface area contributed by atoms with Crippen LogP contribution in [0.5, 0.6) is 0 Å². The molecule has 0 heterocycles. The van der Waals surface area contributed by atoms with E-state index in [9.17, 15) is 19.8 Å². The van der Waals surface area contributed by atoms with Crippen molar-refractivity contribution >= 4 is 11.9 Å². The van der Waals surface area contributed by atoms with Crippen LogP contribution in [0.4, 0.5) is 0 Å². The Balaban J connectivity index is 2.47. The lowest BCUT2D eigenvalue weighted by atomic mass is 10.1. The smallest absolute Gasteiger partial charge is 0.330 e. The molecular weight excluding hydrogens is 274 g/mol. The van der Waals surface area contributed by atoms with E-state index in [-0.39, 0.29) is 13.2 Å². The number of hydrogen-bond donors (Lipinski definition) is 3. The van der Waals surface area contributed by atoms with Gasteiger partial charge < -0.3 is 14.9 Å². The summed E-state index contributed by atoms with van der Waals surface area (Å²) in [5, 5.41) is 21.6. The fourth-order valence-corrected chi connectivity index (χ4v) is 1.67. The first-order valence-electron chi connectivity index (χ1n) is 6.53. The van der Waals surface area contributed by atoms with Crippen LogP contribution in [0.2, 0.25) is 0 Å². The van der Waals surface area contributed by atoms with Gasteiger partial charge in [-0.25, -0.2) is 4.79 Å². The van der Waals surface area contributed by atoms with Gasteiger partial charge in [0, 0.05) is 12.6 Å². The van der Waals surface area contributed by atoms with Crippen molar-refractivity contribution in [1.29, 1.82) is 0 Å². The number of ether oxygens (including phenoxy) is 1. The second-order valence-corrected chi connectivity index (χ2v) is 4.37. The highest BCUT2D eigenvalue weighted by atomic mass is 16.5. The number of hydrogen-bond acceptors (Lipinski definition) is 5. The predicted octanol–water partition coefficient (Wildman–Crippen LogP) is 0.882. The van der Waals surface area contributed by atoms with Crippen molar-refractivity contribution in [2.24, 2.45) is 0 Å². The van der Waals surface area contributed by atoms with Crippen LogP contribution in [-0.4, -0.2) is 41.4 Å². The molecule has 0 bridgehead atoms. The van der Waals surface area contributed by atoms with E-state index in [1.54, 1.807) is 37.3 Å². The minimum absolute atomic E-state index is 0.00498. The third-order valence-electron chi connectivity index (χ3n) is 2.66. The summed E-state index contributed by atoms with van der Waals surface area (Å²) in [5.41, 5.74) is 0.586. The number of allylic oxidation sites excluding steroid dienone is 1. The monoisotopic (exact) mass is 293 g/mol. The van der Waals surface area contributed by atoms with E-state index >= 15 is 0 Å². The Morgan fingerprint density at radius 1 is 1.33 bits per heavy atom. The number of aliphatic hydroxyl groups is 1. The highest BCUT2D eigenvalue weighted by molar-refractivity contribution is 5.81. The molecule has 0 fully saturated rings. The SMILES string of the molecule is CC=CC(=O)OCC(O)CNC(C(=O)O)c1ccccc1. The molecular formula is C15H19NO5. The number of carbonyl (C=O) groups excluding carboxylic acids is 1. The van der Waals surface area contributed by atoms with Crippen molar-refractivity contribution in [1.82, 2.24) is 5.32 Å². The van der Waals surface area contributed by atoms with Gasteiger partial charge in [0.2, 0.25) is 0 Å². The fourth-order valence-electron chi connectivity index (χ4n) is 1.67.